The quantitative estimate of drug-likeness (QED) is 0.103. The Morgan fingerprint density at radius 2 is 0.578 bits per heavy atom. The van der Waals surface area contributed by atoms with Crippen LogP contribution in [-0.2, 0) is 9.31 Å². The Morgan fingerprint density at radius 1 is 0.229 bits per heavy atom. The molecule has 1 aliphatic rings. The van der Waals surface area contributed by atoms with Crippen molar-refractivity contribution >= 4 is 121 Å². The van der Waals surface area contributed by atoms with E-state index in [9.17, 15) is 0 Å². The van der Waals surface area contributed by atoms with Crippen molar-refractivity contribution in [2.24, 2.45) is 0 Å². The first-order valence-corrected chi connectivity index (χ1v) is 37.1. The van der Waals surface area contributed by atoms with Crippen molar-refractivity contribution in [3.05, 3.63) is 340 Å². The van der Waals surface area contributed by atoms with Gasteiger partial charge in [-0.05, 0) is 159 Å². The lowest BCUT2D eigenvalue weighted by molar-refractivity contribution is 0.00578. The lowest BCUT2D eigenvalue weighted by Crippen LogP contribution is -2.41. The Balaban J connectivity index is 0.000000149. The summed E-state index contributed by atoms with van der Waals surface area (Å²) in [7, 11) is -0.451. The zero-order valence-electron chi connectivity index (χ0n) is 60.4. The molecule has 0 bridgehead atoms. The van der Waals surface area contributed by atoms with E-state index in [0.29, 0.717) is 17.5 Å². The van der Waals surface area contributed by atoms with Crippen LogP contribution in [0.5, 0.6) is 0 Å². The van der Waals surface area contributed by atoms with E-state index < -0.39 is 18.3 Å². The second kappa shape index (κ2) is 26.2. The Morgan fingerprint density at radius 3 is 1.04 bits per heavy atom. The third-order valence-corrected chi connectivity index (χ3v) is 22.2. The fraction of sp³-hybridized carbons (Fsp3) is 0.0606. The molecule has 9 nitrogen and oxygen atoms in total. The van der Waals surface area contributed by atoms with E-state index in [-0.39, 0.29) is 0 Å². The maximum atomic E-state index is 6.40. The van der Waals surface area contributed by atoms with Gasteiger partial charge in [0.1, 0.15) is 0 Å². The van der Waals surface area contributed by atoms with Gasteiger partial charge >= 0.3 is 7.12 Å². The first-order valence-electron chi connectivity index (χ1n) is 37.1. The summed E-state index contributed by atoms with van der Waals surface area (Å²) in [6.07, 6.45) is 0. The minimum atomic E-state index is -0.451. The van der Waals surface area contributed by atoms with Crippen LogP contribution in [0.1, 0.15) is 27.7 Å². The van der Waals surface area contributed by atoms with Gasteiger partial charge in [0.15, 0.2) is 17.5 Å². The molecule has 0 spiro atoms. The SMILES string of the molecule is CC1(C)OB(c2ccc3c(c2)nc(-c2ccccc2)c2c4ccc(-c5cc6ccccc6c6ccccc56)nc4ccc32)OC1(C)C.c1ccc(-c2nc(-c3ccccc3)nc(-c3ccc(-c4ccc5c(c4)nc(-c4ccccc4)c4c6ccc(-c7cc8ccccc8c8ccccc78)nc6ccc54)cc3)n2)cc1. The van der Waals surface area contributed by atoms with Crippen molar-refractivity contribution in [3.63, 3.8) is 0 Å². The van der Waals surface area contributed by atoms with Gasteiger partial charge in [-0.1, -0.05) is 279 Å². The highest BCUT2D eigenvalue weighted by atomic mass is 16.7. The molecular formula is C99H68BN7O2. The van der Waals surface area contributed by atoms with Gasteiger partial charge in [0.05, 0.1) is 56.0 Å². The van der Waals surface area contributed by atoms with Crippen LogP contribution < -0.4 is 5.46 Å². The van der Waals surface area contributed by atoms with Crippen molar-refractivity contribution in [2.45, 2.75) is 38.9 Å². The van der Waals surface area contributed by atoms with E-state index in [0.717, 1.165) is 143 Å². The number of hydrogen-bond donors (Lipinski definition) is 0. The molecule has 6 heterocycles. The van der Waals surface area contributed by atoms with E-state index in [1.807, 2.05) is 66.7 Å². The zero-order valence-corrected chi connectivity index (χ0v) is 60.4. The summed E-state index contributed by atoms with van der Waals surface area (Å²) in [6, 6.07) is 119. The smallest absolute Gasteiger partial charge is 0.399 e. The van der Waals surface area contributed by atoms with Crippen LogP contribution in [0, 0.1) is 0 Å². The van der Waals surface area contributed by atoms with E-state index >= 15 is 0 Å². The topological polar surface area (TPSA) is 109 Å². The Bertz CT molecular complexity index is 6970. The molecule has 0 amide bonds. The fourth-order valence-electron chi connectivity index (χ4n) is 15.9. The van der Waals surface area contributed by atoms with Gasteiger partial charge in [0.2, 0.25) is 0 Å². The molecule has 0 saturated carbocycles. The Hall–Kier alpha value is -13.5. The van der Waals surface area contributed by atoms with Crippen LogP contribution in [0.3, 0.4) is 0 Å². The maximum Gasteiger partial charge on any atom is 0.494 e. The molecule has 1 fully saturated rings. The zero-order chi connectivity index (χ0) is 72.9. The average Bonchev–Trinajstić information content (AvgIpc) is 1.28. The van der Waals surface area contributed by atoms with Gasteiger partial charge in [0.25, 0.3) is 0 Å². The third kappa shape index (κ3) is 11.5. The molecule has 20 aromatic rings. The molecular weight excluding hydrogens is 1330 g/mol. The van der Waals surface area contributed by atoms with Crippen LogP contribution in [0.2, 0.25) is 0 Å². The Kier molecular flexibility index (Phi) is 15.6. The van der Waals surface area contributed by atoms with Crippen LogP contribution in [-0.4, -0.2) is 53.2 Å². The summed E-state index contributed by atoms with van der Waals surface area (Å²) >= 11 is 0. The Labute approximate surface area is 630 Å². The molecule has 10 heteroatoms. The molecule has 0 atom stereocenters. The molecule has 21 rings (SSSR count). The molecule has 5 aromatic heterocycles. The number of rotatable bonds is 9. The van der Waals surface area contributed by atoms with Gasteiger partial charge in [-0.15, -0.1) is 0 Å². The van der Waals surface area contributed by atoms with Crippen LogP contribution in [0.15, 0.2) is 340 Å². The summed E-state index contributed by atoms with van der Waals surface area (Å²) in [5.41, 5.74) is 17.0. The van der Waals surface area contributed by atoms with Crippen molar-refractivity contribution in [2.75, 3.05) is 0 Å². The number of pyridine rings is 4. The number of benzene rings is 15. The summed E-state index contributed by atoms with van der Waals surface area (Å²) in [6.45, 7) is 8.33. The van der Waals surface area contributed by atoms with E-state index in [1.54, 1.807) is 0 Å². The number of fused-ring (bicyclic) bond motifs is 16. The molecule has 1 aliphatic heterocycles. The van der Waals surface area contributed by atoms with Gasteiger partial charge in [-0.25, -0.2) is 34.9 Å². The predicted molar refractivity (Wildman–Crippen MR) is 452 cm³/mol. The van der Waals surface area contributed by atoms with Gasteiger partial charge < -0.3 is 9.31 Å². The molecule has 0 radical (unpaired) electrons. The monoisotopic (exact) mass is 1400 g/mol. The lowest BCUT2D eigenvalue weighted by atomic mass is 9.78. The normalized spacial score (nSPS) is 13.4. The first kappa shape index (κ1) is 65.0. The van der Waals surface area contributed by atoms with Crippen molar-refractivity contribution in [1.29, 1.82) is 0 Å². The van der Waals surface area contributed by atoms with Crippen LogP contribution in [0.25, 0.3) is 199 Å². The average molecular weight is 1400 g/mol. The highest BCUT2D eigenvalue weighted by molar-refractivity contribution is 6.62. The van der Waals surface area contributed by atoms with E-state index in [4.69, 9.17) is 44.2 Å². The molecule has 0 unspecified atom stereocenters. The maximum absolute atomic E-state index is 6.40. The van der Waals surface area contributed by atoms with Gasteiger partial charge in [-0.2, -0.15) is 0 Å². The van der Waals surface area contributed by atoms with Crippen molar-refractivity contribution in [1.82, 2.24) is 34.9 Å². The third-order valence-electron chi connectivity index (χ3n) is 22.2. The second-order valence-corrected chi connectivity index (χ2v) is 29.2. The summed E-state index contributed by atoms with van der Waals surface area (Å²) in [5.74, 6) is 1.91. The summed E-state index contributed by atoms with van der Waals surface area (Å²) < 4.78 is 12.8. The molecule has 0 aliphatic carbocycles. The first-order chi connectivity index (χ1) is 53.5. The molecule has 109 heavy (non-hydrogen) atoms. The van der Waals surface area contributed by atoms with Crippen molar-refractivity contribution < 1.29 is 9.31 Å². The highest BCUT2D eigenvalue weighted by Gasteiger charge is 2.52. The van der Waals surface area contributed by atoms with E-state index in [2.05, 4.69) is 301 Å². The fourth-order valence-corrected chi connectivity index (χ4v) is 15.9. The number of nitrogens with zero attached hydrogens (tertiary/aromatic N) is 7. The van der Waals surface area contributed by atoms with Gasteiger partial charge in [0, 0.05) is 71.3 Å². The lowest BCUT2D eigenvalue weighted by Gasteiger charge is -2.32. The number of hydrogen-bond acceptors (Lipinski definition) is 9. The molecule has 1 saturated heterocycles. The minimum absolute atomic E-state index is 0.414. The largest absolute Gasteiger partial charge is 0.494 e. The highest BCUT2D eigenvalue weighted by Crippen LogP contribution is 2.44. The molecule has 15 aromatic carbocycles. The number of aromatic nitrogens is 7. The molecule has 514 valence electrons. The van der Waals surface area contributed by atoms with Crippen molar-refractivity contribution in [3.8, 4) is 90.3 Å². The minimum Gasteiger partial charge on any atom is -0.399 e. The predicted octanol–water partition coefficient (Wildman–Crippen LogP) is 24.3. The molecule has 0 N–H and O–H groups in total. The van der Waals surface area contributed by atoms with Crippen LogP contribution in [0.4, 0.5) is 0 Å². The second-order valence-electron chi connectivity index (χ2n) is 29.2. The van der Waals surface area contributed by atoms with E-state index in [1.165, 1.54) is 43.1 Å². The standard InChI is InChI=1S/C57H35N5.C42H33BN2O2/c1-4-14-37(15-5-1)54-53-47(30-32-50-48(53)31-33-51(58-50)49-34-42-20-10-11-21-43(42)44-22-12-13-23-45(44)49)46-29-28-41(35-52(46)59-54)36-24-26-40(27-25-36)57-61-55(38-16-6-2-7-17-38)60-56(62-57)39-18-8-3-9-19-39;1-41(2)42(3,4)47-43(46-41)28-18-19-32-33-20-22-36-34(39(33)40(45-38(32)25-28)26-12-6-5-7-13-26)21-23-37(44-36)35-24-27-14-8-9-15-29(27)30-16-10-11-17-31(30)35/h1-35H;5-25H,1-4H3. The summed E-state index contributed by atoms with van der Waals surface area (Å²) in [5, 5.41) is 18.6. The van der Waals surface area contributed by atoms with Crippen LogP contribution >= 0.6 is 0 Å². The van der Waals surface area contributed by atoms with Gasteiger partial charge in [-0.3, -0.25) is 0 Å². The summed E-state index contributed by atoms with van der Waals surface area (Å²) in [4.78, 5) is 36.2.